The van der Waals surface area contributed by atoms with Gasteiger partial charge in [0.1, 0.15) is 0 Å². The smallest absolute Gasteiger partial charge is 0.334 e. The van der Waals surface area contributed by atoms with Gasteiger partial charge in [-0.05, 0) is 13.8 Å². The number of amides is 2. The Bertz CT molecular complexity index is 247. The monoisotopic (exact) mass is 248 g/mol. The maximum absolute atomic E-state index is 11.3. The first-order valence-corrected chi connectivity index (χ1v) is 5.40. The van der Waals surface area contributed by atoms with E-state index in [2.05, 4.69) is 15.4 Å². The zero-order chi connectivity index (χ0) is 13.3. The van der Waals surface area contributed by atoms with Crippen LogP contribution < -0.4 is 10.6 Å². The third-order valence-corrected chi connectivity index (χ3v) is 2.01. The SMILES string of the molecule is CCOC(C)CNC(=O)NCC(OC)C(=O)O. The highest BCUT2D eigenvalue weighted by molar-refractivity contribution is 5.76. The number of carboxylic acids is 1. The first-order valence-electron chi connectivity index (χ1n) is 5.40. The molecule has 0 saturated carbocycles. The molecule has 0 aromatic heterocycles. The summed E-state index contributed by atoms with van der Waals surface area (Å²) < 4.78 is 9.88. The lowest BCUT2D eigenvalue weighted by atomic mass is 10.3. The van der Waals surface area contributed by atoms with Gasteiger partial charge in [-0.2, -0.15) is 0 Å². The van der Waals surface area contributed by atoms with Gasteiger partial charge in [0.15, 0.2) is 6.10 Å². The van der Waals surface area contributed by atoms with Crippen molar-refractivity contribution in [3.63, 3.8) is 0 Å². The molecular weight excluding hydrogens is 228 g/mol. The first-order chi connectivity index (χ1) is 8.01. The molecule has 7 heteroatoms. The molecule has 3 N–H and O–H groups in total. The van der Waals surface area contributed by atoms with Gasteiger partial charge in [0.2, 0.25) is 0 Å². The molecule has 0 aromatic rings. The van der Waals surface area contributed by atoms with Crippen LogP contribution in [0, 0.1) is 0 Å². The number of hydrogen-bond acceptors (Lipinski definition) is 4. The Morgan fingerprint density at radius 2 is 1.88 bits per heavy atom. The van der Waals surface area contributed by atoms with Crippen LogP contribution in [0.2, 0.25) is 0 Å². The normalized spacial score (nSPS) is 13.8. The number of methoxy groups -OCH3 is 1. The van der Waals surface area contributed by atoms with Crippen LogP contribution in [0.15, 0.2) is 0 Å². The van der Waals surface area contributed by atoms with E-state index in [0.29, 0.717) is 13.2 Å². The summed E-state index contributed by atoms with van der Waals surface area (Å²) in [5.74, 6) is -1.12. The molecule has 0 aliphatic carbocycles. The van der Waals surface area contributed by atoms with E-state index in [-0.39, 0.29) is 12.6 Å². The van der Waals surface area contributed by atoms with Crippen LogP contribution in [0.5, 0.6) is 0 Å². The molecule has 100 valence electrons. The average molecular weight is 248 g/mol. The minimum absolute atomic E-state index is 0.0801. The molecular formula is C10H20N2O5. The Morgan fingerprint density at radius 1 is 1.29 bits per heavy atom. The summed E-state index contributed by atoms with van der Waals surface area (Å²) in [6.07, 6.45) is -1.12. The average Bonchev–Trinajstić information content (AvgIpc) is 2.27. The van der Waals surface area contributed by atoms with Crippen LogP contribution in [-0.2, 0) is 14.3 Å². The van der Waals surface area contributed by atoms with Crippen molar-refractivity contribution < 1.29 is 24.2 Å². The summed E-state index contributed by atoms with van der Waals surface area (Å²) in [4.78, 5) is 21.8. The van der Waals surface area contributed by atoms with Gasteiger partial charge in [-0.15, -0.1) is 0 Å². The Labute approximate surface area is 100 Å². The van der Waals surface area contributed by atoms with Gasteiger partial charge in [0.25, 0.3) is 0 Å². The summed E-state index contributed by atoms with van der Waals surface area (Å²) in [6.45, 7) is 4.56. The molecule has 7 nitrogen and oxygen atoms in total. The lowest BCUT2D eigenvalue weighted by molar-refractivity contribution is -0.147. The van der Waals surface area contributed by atoms with Gasteiger partial charge < -0.3 is 25.2 Å². The van der Waals surface area contributed by atoms with Gasteiger partial charge in [0, 0.05) is 20.3 Å². The summed E-state index contributed by atoms with van der Waals surface area (Å²) >= 11 is 0. The van der Waals surface area contributed by atoms with Crippen LogP contribution in [0.25, 0.3) is 0 Å². The molecule has 0 bridgehead atoms. The van der Waals surface area contributed by atoms with Crippen molar-refractivity contribution in [1.29, 1.82) is 0 Å². The molecule has 0 aromatic carbocycles. The number of carbonyl (C=O) groups is 2. The fraction of sp³-hybridized carbons (Fsp3) is 0.800. The summed E-state index contributed by atoms with van der Waals surface area (Å²) in [6, 6.07) is -0.445. The van der Waals surface area contributed by atoms with Crippen molar-refractivity contribution in [2.75, 3.05) is 26.8 Å². The maximum atomic E-state index is 11.3. The van der Waals surface area contributed by atoms with Crippen LogP contribution in [-0.4, -0.2) is 56.1 Å². The van der Waals surface area contributed by atoms with E-state index in [1.54, 1.807) is 0 Å². The zero-order valence-electron chi connectivity index (χ0n) is 10.4. The van der Waals surface area contributed by atoms with Crippen molar-refractivity contribution >= 4 is 12.0 Å². The zero-order valence-corrected chi connectivity index (χ0v) is 10.4. The van der Waals surface area contributed by atoms with E-state index < -0.39 is 18.1 Å². The quantitative estimate of drug-likeness (QED) is 0.553. The molecule has 0 aliphatic rings. The van der Waals surface area contributed by atoms with Crippen LogP contribution in [0.3, 0.4) is 0 Å². The van der Waals surface area contributed by atoms with Crippen molar-refractivity contribution in [2.24, 2.45) is 0 Å². The van der Waals surface area contributed by atoms with E-state index in [1.807, 2.05) is 13.8 Å². The van der Waals surface area contributed by atoms with Crippen molar-refractivity contribution in [1.82, 2.24) is 10.6 Å². The Kier molecular flexibility index (Phi) is 8.08. The predicted octanol–water partition coefficient (Wildman–Crippen LogP) is -0.190. The molecule has 0 spiro atoms. The third-order valence-electron chi connectivity index (χ3n) is 2.01. The van der Waals surface area contributed by atoms with E-state index in [1.165, 1.54) is 7.11 Å². The van der Waals surface area contributed by atoms with Gasteiger partial charge in [0.05, 0.1) is 12.6 Å². The Morgan fingerprint density at radius 3 is 2.35 bits per heavy atom. The van der Waals surface area contributed by atoms with Gasteiger partial charge >= 0.3 is 12.0 Å². The first kappa shape index (κ1) is 15.7. The number of ether oxygens (including phenoxy) is 2. The fourth-order valence-electron chi connectivity index (χ4n) is 1.10. The fourth-order valence-corrected chi connectivity index (χ4v) is 1.10. The van der Waals surface area contributed by atoms with E-state index >= 15 is 0 Å². The number of hydrogen-bond donors (Lipinski definition) is 3. The highest BCUT2D eigenvalue weighted by Crippen LogP contribution is 1.89. The standard InChI is InChI=1S/C10H20N2O5/c1-4-17-7(2)5-11-10(15)12-6-8(16-3)9(13)14/h7-8H,4-6H2,1-3H3,(H,13,14)(H2,11,12,15). The van der Waals surface area contributed by atoms with Crippen molar-refractivity contribution in [3.8, 4) is 0 Å². The van der Waals surface area contributed by atoms with Crippen LogP contribution in [0.4, 0.5) is 4.79 Å². The molecule has 17 heavy (non-hydrogen) atoms. The molecule has 0 rings (SSSR count). The maximum Gasteiger partial charge on any atom is 0.334 e. The number of nitrogens with one attached hydrogen (secondary N) is 2. The van der Waals surface area contributed by atoms with Crippen molar-refractivity contribution in [2.45, 2.75) is 26.1 Å². The highest BCUT2D eigenvalue weighted by atomic mass is 16.5. The molecule has 0 radical (unpaired) electrons. The minimum Gasteiger partial charge on any atom is -0.479 e. The summed E-state index contributed by atoms with van der Waals surface area (Å²) in [5.41, 5.74) is 0. The Balaban J connectivity index is 3.75. The van der Waals surface area contributed by atoms with E-state index in [0.717, 1.165) is 0 Å². The molecule has 0 saturated heterocycles. The molecule has 2 amide bonds. The molecule has 0 fully saturated rings. The topological polar surface area (TPSA) is 96.9 Å². The van der Waals surface area contributed by atoms with E-state index in [4.69, 9.17) is 9.84 Å². The Hall–Kier alpha value is -1.34. The van der Waals surface area contributed by atoms with Gasteiger partial charge in [-0.1, -0.05) is 0 Å². The van der Waals surface area contributed by atoms with Gasteiger partial charge in [-0.3, -0.25) is 0 Å². The number of carbonyl (C=O) groups excluding carboxylic acids is 1. The minimum atomic E-state index is -1.12. The lowest BCUT2D eigenvalue weighted by Crippen LogP contribution is -2.44. The second-order valence-corrected chi connectivity index (χ2v) is 3.42. The molecule has 2 atom stereocenters. The number of rotatable bonds is 8. The number of carboxylic acid groups (broad SMARTS) is 1. The molecule has 0 heterocycles. The van der Waals surface area contributed by atoms with Crippen LogP contribution in [0.1, 0.15) is 13.8 Å². The third kappa shape index (κ3) is 7.53. The predicted molar refractivity (Wildman–Crippen MR) is 60.9 cm³/mol. The molecule has 2 unspecified atom stereocenters. The lowest BCUT2D eigenvalue weighted by Gasteiger charge is -2.15. The second-order valence-electron chi connectivity index (χ2n) is 3.42. The number of urea groups is 1. The molecule has 0 aliphatic heterocycles. The van der Waals surface area contributed by atoms with Gasteiger partial charge in [-0.25, -0.2) is 9.59 Å². The summed E-state index contributed by atoms with van der Waals surface area (Å²) in [5, 5.41) is 13.6. The van der Waals surface area contributed by atoms with E-state index in [9.17, 15) is 9.59 Å². The largest absolute Gasteiger partial charge is 0.479 e. The van der Waals surface area contributed by atoms with Crippen LogP contribution >= 0.6 is 0 Å². The second kappa shape index (κ2) is 8.77. The van der Waals surface area contributed by atoms with Crippen molar-refractivity contribution in [3.05, 3.63) is 0 Å². The number of aliphatic carboxylic acids is 1. The highest BCUT2D eigenvalue weighted by Gasteiger charge is 2.17. The summed E-state index contributed by atoms with van der Waals surface area (Å²) in [7, 11) is 1.27.